The Bertz CT molecular complexity index is 641. The quantitative estimate of drug-likeness (QED) is 0.727. The van der Waals surface area contributed by atoms with E-state index in [1.54, 1.807) is 6.20 Å². The van der Waals surface area contributed by atoms with Crippen LogP contribution in [0.1, 0.15) is 27.2 Å². The summed E-state index contributed by atoms with van der Waals surface area (Å²) in [5, 5.41) is 16.9. The van der Waals surface area contributed by atoms with Gasteiger partial charge in [-0.05, 0) is 36.6 Å². The molecule has 0 atom stereocenters. The Morgan fingerprint density at radius 3 is 2.52 bits per heavy atom. The molecule has 23 heavy (non-hydrogen) atoms. The molecule has 1 heterocycles. The molecule has 3 N–H and O–H groups in total. The Kier molecular flexibility index (Phi) is 5.85. The zero-order chi connectivity index (χ0) is 16.7. The van der Waals surface area contributed by atoms with Crippen LogP contribution in [0.5, 0.6) is 0 Å². The van der Waals surface area contributed by atoms with Crippen LogP contribution in [0.15, 0.2) is 30.5 Å². The topological polar surface area (TPSA) is 91.8 Å². The van der Waals surface area contributed by atoms with Gasteiger partial charge in [-0.25, -0.2) is 0 Å². The summed E-state index contributed by atoms with van der Waals surface area (Å²) in [6, 6.07) is 7.30. The molecule has 7 heteroatoms. The predicted octanol–water partition coefficient (Wildman–Crippen LogP) is 3.03. The molecule has 1 amide bonds. The molecule has 0 aliphatic rings. The van der Waals surface area contributed by atoms with E-state index in [9.17, 15) is 4.79 Å². The van der Waals surface area contributed by atoms with Crippen molar-refractivity contribution >= 4 is 29.0 Å². The number of carbonyl (C=O) groups excluding carboxylic acids is 1. The predicted molar refractivity (Wildman–Crippen MR) is 91.8 cm³/mol. The largest absolute Gasteiger partial charge is 0.369 e. The monoisotopic (exact) mass is 314 g/mol. The molecule has 1 aromatic heterocycles. The Balaban J connectivity index is 1.95. The van der Waals surface area contributed by atoms with E-state index < -0.39 is 0 Å². The first-order valence-corrected chi connectivity index (χ1v) is 7.61. The fourth-order valence-corrected chi connectivity index (χ4v) is 1.90. The lowest BCUT2D eigenvalue weighted by atomic mass is 10.1. The molecule has 2 rings (SSSR count). The molecular formula is C16H22N6O. The van der Waals surface area contributed by atoms with Gasteiger partial charge in [0.1, 0.15) is 0 Å². The maximum Gasteiger partial charge on any atom is 0.249 e. The van der Waals surface area contributed by atoms with E-state index in [0.29, 0.717) is 17.7 Å². The van der Waals surface area contributed by atoms with Crippen molar-refractivity contribution < 1.29 is 4.79 Å². The molecule has 0 aliphatic heterocycles. The zero-order valence-corrected chi connectivity index (χ0v) is 13.6. The van der Waals surface area contributed by atoms with Gasteiger partial charge >= 0.3 is 0 Å². The highest BCUT2D eigenvalue weighted by Gasteiger charge is 2.02. The van der Waals surface area contributed by atoms with Crippen LogP contribution in [0.4, 0.5) is 23.1 Å². The van der Waals surface area contributed by atoms with E-state index in [1.807, 2.05) is 24.3 Å². The SMILES string of the molecule is CC(=O)Nc1ccc(Nc2nncc(NCCC(C)C)n2)cc1. The lowest BCUT2D eigenvalue weighted by Crippen LogP contribution is -2.08. The third kappa shape index (κ3) is 5.90. The lowest BCUT2D eigenvalue weighted by molar-refractivity contribution is -0.114. The van der Waals surface area contributed by atoms with Crippen LogP contribution in [0.25, 0.3) is 0 Å². The van der Waals surface area contributed by atoms with Gasteiger partial charge in [-0.15, -0.1) is 5.10 Å². The van der Waals surface area contributed by atoms with Crippen molar-refractivity contribution in [3.05, 3.63) is 30.5 Å². The third-order valence-electron chi connectivity index (χ3n) is 3.05. The number of carbonyl (C=O) groups is 1. The molecule has 0 spiro atoms. The summed E-state index contributed by atoms with van der Waals surface area (Å²) in [5.41, 5.74) is 1.56. The molecule has 0 saturated heterocycles. The van der Waals surface area contributed by atoms with Crippen molar-refractivity contribution in [1.82, 2.24) is 15.2 Å². The van der Waals surface area contributed by atoms with Gasteiger partial charge in [0.05, 0.1) is 6.20 Å². The van der Waals surface area contributed by atoms with Crippen molar-refractivity contribution in [1.29, 1.82) is 0 Å². The van der Waals surface area contributed by atoms with Gasteiger partial charge in [0, 0.05) is 24.8 Å². The van der Waals surface area contributed by atoms with Gasteiger partial charge in [0.15, 0.2) is 5.82 Å². The average molecular weight is 314 g/mol. The van der Waals surface area contributed by atoms with Gasteiger partial charge in [-0.1, -0.05) is 13.8 Å². The number of nitrogens with zero attached hydrogens (tertiary/aromatic N) is 3. The molecule has 0 aliphatic carbocycles. The Labute approximate surface area is 135 Å². The first kappa shape index (κ1) is 16.7. The van der Waals surface area contributed by atoms with Crippen LogP contribution in [0.3, 0.4) is 0 Å². The van der Waals surface area contributed by atoms with E-state index in [-0.39, 0.29) is 5.91 Å². The van der Waals surface area contributed by atoms with Gasteiger partial charge in [0.2, 0.25) is 11.9 Å². The van der Waals surface area contributed by atoms with Crippen LogP contribution < -0.4 is 16.0 Å². The number of nitrogens with one attached hydrogen (secondary N) is 3. The van der Waals surface area contributed by atoms with E-state index in [0.717, 1.165) is 24.3 Å². The fraction of sp³-hybridized carbons (Fsp3) is 0.375. The van der Waals surface area contributed by atoms with E-state index in [2.05, 4.69) is 45.0 Å². The van der Waals surface area contributed by atoms with Crippen molar-refractivity contribution in [2.24, 2.45) is 5.92 Å². The summed E-state index contributed by atoms with van der Waals surface area (Å²) < 4.78 is 0. The van der Waals surface area contributed by atoms with Crippen LogP contribution in [-0.4, -0.2) is 27.6 Å². The molecule has 0 fully saturated rings. The second kappa shape index (κ2) is 8.07. The highest BCUT2D eigenvalue weighted by Crippen LogP contribution is 2.17. The summed E-state index contributed by atoms with van der Waals surface area (Å²) >= 11 is 0. The van der Waals surface area contributed by atoms with E-state index in [4.69, 9.17) is 0 Å². The van der Waals surface area contributed by atoms with Crippen LogP contribution in [0, 0.1) is 5.92 Å². The third-order valence-corrected chi connectivity index (χ3v) is 3.05. The summed E-state index contributed by atoms with van der Waals surface area (Å²) in [4.78, 5) is 15.4. The molecule has 7 nitrogen and oxygen atoms in total. The normalized spacial score (nSPS) is 10.4. The number of aromatic nitrogens is 3. The number of benzene rings is 1. The summed E-state index contributed by atoms with van der Waals surface area (Å²) in [6.07, 6.45) is 2.67. The van der Waals surface area contributed by atoms with E-state index in [1.165, 1.54) is 6.92 Å². The molecule has 0 bridgehead atoms. The molecule has 0 saturated carbocycles. The first-order valence-electron chi connectivity index (χ1n) is 7.61. The summed E-state index contributed by atoms with van der Waals surface area (Å²) in [6.45, 7) is 6.68. The smallest absolute Gasteiger partial charge is 0.249 e. The summed E-state index contributed by atoms with van der Waals surface area (Å²) in [7, 11) is 0. The Morgan fingerprint density at radius 2 is 1.87 bits per heavy atom. The van der Waals surface area contributed by atoms with Gasteiger partial charge in [-0.3, -0.25) is 4.79 Å². The van der Waals surface area contributed by atoms with Crippen molar-refractivity contribution in [2.45, 2.75) is 27.2 Å². The van der Waals surface area contributed by atoms with Crippen molar-refractivity contribution in [3.63, 3.8) is 0 Å². The van der Waals surface area contributed by atoms with Gasteiger partial charge < -0.3 is 16.0 Å². The number of hydrogen-bond donors (Lipinski definition) is 3. The van der Waals surface area contributed by atoms with Crippen LogP contribution >= 0.6 is 0 Å². The van der Waals surface area contributed by atoms with Crippen LogP contribution in [0.2, 0.25) is 0 Å². The molecule has 2 aromatic rings. The van der Waals surface area contributed by atoms with Crippen molar-refractivity contribution in [2.75, 3.05) is 22.5 Å². The van der Waals surface area contributed by atoms with Gasteiger partial charge in [-0.2, -0.15) is 10.1 Å². The zero-order valence-electron chi connectivity index (χ0n) is 13.6. The number of amides is 1. The van der Waals surface area contributed by atoms with Gasteiger partial charge in [0.25, 0.3) is 0 Å². The standard InChI is InChI=1S/C16H22N6O/c1-11(2)8-9-17-15-10-18-22-16(21-15)20-14-6-4-13(5-7-14)19-12(3)23/h4-7,10-11H,8-9H2,1-3H3,(H,19,23)(H2,17,20,21,22). The Hall–Kier alpha value is -2.70. The highest BCUT2D eigenvalue weighted by molar-refractivity contribution is 5.88. The number of hydrogen-bond acceptors (Lipinski definition) is 6. The number of anilines is 4. The minimum Gasteiger partial charge on any atom is -0.369 e. The maximum absolute atomic E-state index is 11.0. The fourth-order valence-electron chi connectivity index (χ4n) is 1.90. The maximum atomic E-state index is 11.0. The second-order valence-corrected chi connectivity index (χ2v) is 5.66. The highest BCUT2D eigenvalue weighted by atomic mass is 16.1. The first-order chi connectivity index (χ1) is 11.0. The van der Waals surface area contributed by atoms with E-state index >= 15 is 0 Å². The Morgan fingerprint density at radius 1 is 1.17 bits per heavy atom. The minimum absolute atomic E-state index is 0.0987. The molecule has 122 valence electrons. The lowest BCUT2D eigenvalue weighted by Gasteiger charge is -2.09. The number of rotatable bonds is 7. The molecular weight excluding hydrogens is 292 g/mol. The van der Waals surface area contributed by atoms with Crippen molar-refractivity contribution in [3.8, 4) is 0 Å². The molecule has 0 radical (unpaired) electrons. The second-order valence-electron chi connectivity index (χ2n) is 5.66. The van der Waals surface area contributed by atoms with Crippen LogP contribution in [-0.2, 0) is 4.79 Å². The minimum atomic E-state index is -0.0987. The average Bonchev–Trinajstić information content (AvgIpc) is 2.49. The summed E-state index contributed by atoms with van der Waals surface area (Å²) in [5.74, 6) is 1.65. The molecule has 0 unspecified atom stereocenters. The molecule has 1 aromatic carbocycles.